The Bertz CT molecular complexity index is 1120. The van der Waals surface area contributed by atoms with Gasteiger partial charge in [-0.3, -0.25) is 0 Å². The van der Waals surface area contributed by atoms with Gasteiger partial charge in [-0.1, -0.05) is 39.7 Å². The number of hydrogen-bond donors (Lipinski definition) is 2. The van der Waals surface area contributed by atoms with Crippen LogP contribution in [0.15, 0.2) is 40.9 Å². The highest BCUT2D eigenvalue weighted by atomic mass is 79.9. The largest absolute Gasteiger partial charge is 0.397 e. The summed E-state index contributed by atoms with van der Waals surface area (Å²) < 4.78 is 1.16. The lowest BCUT2D eigenvalue weighted by molar-refractivity contribution is 0.147. The van der Waals surface area contributed by atoms with Crippen LogP contribution in [-0.2, 0) is 5.41 Å². The van der Waals surface area contributed by atoms with Crippen LogP contribution in [0, 0.1) is 12.8 Å². The molecule has 0 radical (unpaired) electrons. The van der Waals surface area contributed by atoms with Crippen LogP contribution in [-0.4, -0.2) is 72.2 Å². The molecule has 0 aromatic heterocycles. The predicted octanol–water partition coefficient (Wildman–Crippen LogP) is 5.75. The number of fused-ring (bicyclic) bond motifs is 1. The minimum Gasteiger partial charge on any atom is -0.397 e. The predicted molar refractivity (Wildman–Crippen MR) is 159 cm³/mol. The third-order valence-electron chi connectivity index (χ3n) is 8.59. The normalized spacial score (nSPS) is 26.0. The molecule has 1 aliphatic heterocycles. The summed E-state index contributed by atoms with van der Waals surface area (Å²) in [6.45, 7) is 8.63. The number of nitrogens with two attached hydrogens (primary N) is 1. The fraction of sp³-hybridized carbons (Fsp3) is 0.536. The summed E-state index contributed by atoms with van der Waals surface area (Å²) in [5.74, 6) is 0.633. The molecule has 5 rings (SSSR count). The van der Waals surface area contributed by atoms with E-state index in [1.54, 1.807) is 0 Å². The van der Waals surface area contributed by atoms with Gasteiger partial charge in [-0.05, 0) is 99.7 Å². The first-order valence-electron chi connectivity index (χ1n) is 13.1. The first-order valence-corrected chi connectivity index (χ1v) is 14.6. The topological polar surface area (TPSA) is 47.8 Å². The highest BCUT2D eigenvalue weighted by Crippen LogP contribution is 2.65. The van der Waals surface area contributed by atoms with Crippen molar-refractivity contribution in [2.24, 2.45) is 5.92 Å². The smallest absolute Gasteiger partial charge is 0.173 e. The number of nitrogen functional groups attached to an aromatic ring is 1. The van der Waals surface area contributed by atoms with Crippen LogP contribution < -0.4 is 11.1 Å². The van der Waals surface area contributed by atoms with E-state index in [4.69, 9.17) is 29.6 Å². The first kappa shape index (κ1) is 26.2. The van der Waals surface area contributed by atoms with E-state index in [1.165, 1.54) is 18.4 Å². The Kier molecular flexibility index (Phi) is 7.85. The first-order chi connectivity index (χ1) is 17.3. The van der Waals surface area contributed by atoms with Crippen LogP contribution in [0.2, 0.25) is 5.02 Å². The quantitative estimate of drug-likeness (QED) is 0.316. The molecular formula is C28H37BrClN5S. The van der Waals surface area contributed by atoms with Gasteiger partial charge in [0.05, 0.1) is 11.4 Å². The van der Waals surface area contributed by atoms with Gasteiger partial charge in [0.1, 0.15) is 0 Å². The molecule has 3 aliphatic rings. The Morgan fingerprint density at radius 3 is 2.75 bits per heavy atom. The van der Waals surface area contributed by atoms with Crippen LogP contribution in [0.3, 0.4) is 0 Å². The van der Waals surface area contributed by atoms with Crippen molar-refractivity contribution in [2.45, 2.75) is 44.1 Å². The summed E-state index contributed by atoms with van der Waals surface area (Å²) in [6, 6.07) is 13.2. The molecule has 36 heavy (non-hydrogen) atoms. The number of thiocarbonyl (C=S) groups is 1. The van der Waals surface area contributed by atoms with Crippen molar-refractivity contribution in [3.05, 3.63) is 57.0 Å². The van der Waals surface area contributed by atoms with Gasteiger partial charge in [-0.15, -0.1) is 0 Å². The summed E-state index contributed by atoms with van der Waals surface area (Å²) in [7, 11) is 2.21. The highest BCUT2D eigenvalue weighted by Gasteiger charge is 2.63. The number of piperazine rings is 1. The minimum absolute atomic E-state index is 0.298. The Labute approximate surface area is 234 Å². The molecule has 8 heteroatoms. The zero-order valence-electron chi connectivity index (χ0n) is 21.3. The monoisotopic (exact) mass is 589 g/mol. The maximum Gasteiger partial charge on any atom is 0.173 e. The molecule has 1 saturated heterocycles. The number of halogens is 2. The van der Waals surface area contributed by atoms with Gasteiger partial charge in [-0.25, -0.2) is 0 Å². The molecule has 2 aromatic carbocycles. The van der Waals surface area contributed by atoms with Gasteiger partial charge in [0.25, 0.3) is 0 Å². The Morgan fingerprint density at radius 2 is 2.03 bits per heavy atom. The van der Waals surface area contributed by atoms with Crippen LogP contribution in [0.1, 0.15) is 36.8 Å². The van der Waals surface area contributed by atoms with Gasteiger partial charge in [-0.2, -0.15) is 0 Å². The van der Waals surface area contributed by atoms with Gasteiger partial charge in [0.2, 0.25) is 0 Å². The molecule has 1 heterocycles. The highest BCUT2D eigenvalue weighted by molar-refractivity contribution is 9.10. The van der Waals surface area contributed by atoms with E-state index in [0.717, 1.165) is 72.9 Å². The average molecular weight is 591 g/mol. The molecule has 2 aliphatic carbocycles. The standard InChI is InChI=1S/C28H37BrClN5S/c1-19-15-24(31)25(17-23(19)30)32-27(36)35(10-4-9-34-13-11-33(2)12-14-34)26-7-8-28(18-22(26)28)20-5-3-6-21(29)16-20/h3,5-6,15-17,22,26H,4,7-14,18,31H2,1-2H3,(H,32,36)/t22-,26?,28?/m1/s1. The SMILES string of the molecule is Cc1cc(N)c(NC(=S)N(CCCN2CCN(C)CC2)C2CCC3(c4cccc(Br)c4)C[C@H]23)cc1Cl. The van der Waals surface area contributed by atoms with Crippen molar-refractivity contribution in [3.63, 3.8) is 0 Å². The van der Waals surface area contributed by atoms with E-state index in [1.807, 2.05) is 19.1 Å². The van der Waals surface area contributed by atoms with Crippen molar-refractivity contribution in [2.75, 3.05) is 57.4 Å². The molecule has 194 valence electrons. The number of likely N-dealkylation sites (N-methyl/N-ethyl adjacent to an activating group) is 1. The number of nitrogens with one attached hydrogen (secondary N) is 1. The van der Waals surface area contributed by atoms with E-state index in [-0.39, 0.29) is 0 Å². The van der Waals surface area contributed by atoms with E-state index >= 15 is 0 Å². The zero-order chi connectivity index (χ0) is 25.4. The second-order valence-electron chi connectivity index (χ2n) is 10.9. The second kappa shape index (κ2) is 10.8. The van der Waals surface area contributed by atoms with Gasteiger partial charge in [0, 0.05) is 53.7 Å². The minimum atomic E-state index is 0.298. The summed E-state index contributed by atoms with van der Waals surface area (Å²) in [4.78, 5) is 7.46. The molecule has 2 unspecified atom stereocenters. The fourth-order valence-corrected chi connectivity index (χ4v) is 7.23. The molecule has 3 atom stereocenters. The lowest BCUT2D eigenvalue weighted by Gasteiger charge is -2.35. The van der Waals surface area contributed by atoms with Gasteiger partial charge >= 0.3 is 0 Å². The van der Waals surface area contributed by atoms with Crippen molar-refractivity contribution < 1.29 is 0 Å². The molecule has 2 aromatic rings. The van der Waals surface area contributed by atoms with Crippen molar-refractivity contribution >= 4 is 56.2 Å². The molecule has 2 saturated carbocycles. The number of benzene rings is 2. The summed E-state index contributed by atoms with van der Waals surface area (Å²) in [5.41, 5.74) is 10.5. The Balaban J connectivity index is 1.31. The molecule has 5 nitrogen and oxygen atoms in total. The average Bonchev–Trinajstić information content (AvgIpc) is 3.48. The second-order valence-corrected chi connectivity index (χ2v) is 12.6. The lowest BCUT2D eigenvalue weighted by atomic mass is 9.93. The molecule has 3 fully saturated rings. The molecule has 0 amide bonds. The number of nitrogens with zero attached hydrogens (tertiary/aromatic N) is 3. The van der Waals surface area contributed by atoms with Crippen LogP contribution in [0.5, 0.6) is 0 Å². The summed E-state index contributed by atoms with van der Waals surface area (Å²) in [6.07, 6.45) is 4.72. The van der Waals surface area contributed by atoms with E-state index in [0.29, 0.717) is 28.1 Å². The number of anilines is 2. The summed E-state index contributed by atoms with van der Waals surface area (Å²) >= 11 is 16.1. The molecule has 3 N–H and O–H groups in total. The van der Waals surface area contributed by atoms with Crippen molar-refractivity contribution in [3.8, 4) is 0 Å². The molecule has 0 bridgehead atoms. The fourth-order valence-electron chi connectivity index (χ4n) is 6.33. The van der Waals surface area contributed by atoms with Gasteiger partial charge < -0.3 is 25.8 Å². The van der Waals surface area contributed by atoms with Crippen molar-refractivity contribution in [1.29, 1.82) is 0 Å². The number of rotatable bonds is 7. The molecule has 0 spiro atoms. The van der Waals surface area contributed by atoms with E-state index in [2.05, 4.69) is 67.3 Å². The van der Waals surface area contributed by atoms with Crippen LogP contribution >= 0.6 is 39.7 Å². The number of aryl methyl sites for hydroxylation is 1. The maximum atomic E-state index is 6.42. The van der Waals surface area contributed by atoms with Crippen LogP contribution in [0.25, 0.3) is 0 Å². The lowest BCUT2D eigenvalue weighted by Crippen LogP contribution is -2.47. The van der Waals surface area contributed by atoms with E-state index in [9.17, 15) is 0 Å². The molecular weight excluding hydrogens is 554 g/mol. The Morgan fingerprint density at radius 1 is 1.25 bits per heavy atom. The van der Waals surface area contributed by atoms with Crippen LogP contribution in [0.4, 0.5) is 11.4 Å². The van der Waals surface area contributed by atoms with Crippen molar-refractivity contribution in [1.82, 2.24) is 14.7 Å². The summed E-state index contributed by atoms with van der Waals surface area (Å²) in [5, 5.41) is 4.94. The third-order valence-corrected chi connectivity index (χ3v) is 9.82. The third kappa shape index (κ3) is 5.41. The number of hydrogen-bond acceptors (Lipinski definition) is 4. The maximum absolute atomic E-state index is 6.42. The zero-order valence-corrected chi connectivity index (χ0v) is 24.4. The van der Waals surface area contributed by atoms with E-state index < -0.39 is 0 Å². The van der Waals surface area contributed by atoms with Gasteiger partial charge in [0.15, 0.2) is 5.11 Å². The Hall–Kier alpha value is -1.38.